The Kier molecular flexibility index (Phi) is 5.54. The molecule has 4 rings (SSSR count). The standard InChI is InChI=1S/C21H22N6O4/c1-12-17(11-16-15-5-4-14(30-3)10-18(15)24-20(16)28)23-13(2)19(12)21(29)25-31-9-8-27-7-6-22-26-27/h4-7,10-11,23H,8-9H2,1-3H3,(H,24,28)(H,25,29)/b16-11-. The lowest BCUT2D eigenvalue weighted by Crippen LogP contribution is -2.26. The number of rotatable bonds is 7. The van der Waals surface area contributed by atoms with Crippen molar-refractivity contribution in [3.63, 3.8) is 0 Å². The second-order valence-electron chi connectivity index (χ2n) is 7.03. The normalized spacial score (nSPS) is 13.9. The summed E-state index contributed by atoms with van der Waals surface area (Å²) in [5.74, 6) is 0.0860. The number of anilines is 1. The fourth-order valence-electron chi connectivity index (χ4n) is 3.51. The molecule has 0 atom stereocenters. The van der Waals surface area contributed by atoms with Crippen LogP contribution < -0.4 is 15.5 Å². The van der Waals surface area contributed by atoms with Crippen molar-refractivity contribution in [1.29, 1.82) is 0 Å². The van der Waals surface area contributed by atoms with E-state index in [-0.39, 0.29) is 18.4 Å². The average molecular weight is 422 g/mol. The van der Waals surface area contributed by atoms with Gasteiger partial charge in [0.05, 0.1) is 43.3 Å². The molecule has 0 spiro atoms. The highest BCUT2D eigenvalue weighted by atomic mass is 16.7. The van der Waals surface area contributed by atoms with Crippen LogP contribution in [0.5, 0.6) is 5.75 Å². The number of methoxy groups -OCH3 is 1. The molecule has 0 bridgehead atoms. The van der Waals surface area contributed by atoms with Gasteiger partial charge in [0.1, 0.15) is 5.75 Å². The fraction of sp³-hybridized carbons (Fsp3) is 0.238. The van der Waals surface area contributed by atoms with Gasteiger partial charge in [-0.3, -0.25) is 19.1 Å². The lowest BCUT2D eigenvalue weighted by molar-refractivity contribution is -0.110. The molecule has 10 nitrogen and oxygen atoms in total. The molecule has 3 heterocycles. The summed E-state index contributed by atoms with van der Waals surface area (Å²) >= 11 is 0. The van der Waals surface area contributed by atoms with Crippen LogP contribution in [0, 0.1) is 13.8 Å². The van der Waals surface area contributed by atoms with E-state index in [2.05, 4.69) is 26.1 Å². The van der Waals surface area contributed by atoms with Gasteiger partial charge < -0.3 is 15.0 Å². The van der Waals surface area contributed by atoms with Gasteiger partial charge in [-0.05, 0) is 37.6 Å². The van der Waals surface area contributed by atoms with Crippen molar-refractivity contribution in [2.24, 2.45) is 0 Å². The van der Waals surface area contributed by atoms with E-state index in [0.29, 0.717) is 40.5 Å². The zero-order valence-corrected chi connectivity index (χ0v) is 17.4. The number of amides is 2. The fourth-order valence-corrected chi connectivity index (χ4v) is 3.51. The minimum absolute atomic E-state index is 0.211. The summed E-state index contributed by atoms with van der Waals surface area (Å²) in [7, 11) is 1.57. The summed E-state index contributed by atoms with van der Waals surface area (Å²) in [5.41, 5.74) is 6.98. The second kappa shape index (κ2) is 8.44. The van der Waals surface area contributed by atoms with E-state index in [4.69, 9.17) is 9.57 Å². The highest BCUT2D eigenvalue weighted by Crippen LogP contribution is 2.36. The maximum Gasteiger partial charge on any atom is 0.276 e. The summed E-state index contributed by atoms with van der Waals surface area (Å²) < 4.78 is 6.81. The monoisotopic (exact) mass is 422 g/mol. The smallest absolute Gasteiger partial charge is 0.276 e. The Labute approximate surface area is 178 Å². The molecule has 2 aromatic heterocycles. The van der Waals surface area contributed by atoms with Crippen molar-refractivity contribution >= 4 is 29.2 Å². The minimum atomic E-state index is -0.365. The maximum absolute atomic E-state index is 12.6. The Bertz CT molecular complexity index is 1160. The van der Waals surface area contributed by atoms with Crippen molar-refractivity contribution in [2.75, 3.05) is 19.0 Å². The van der Waals surface area contributed by atoms with Crippen LogP contribution in [-0.2, 0) is 16.2 Å². The number of benzene rings is 1. The molecule has 0 saturated heterocycles. The average Bonchev–Trinajstić information content (AvgIpc) is 3.44. The molecule has 0 aliphatic carbocycles. The summed E-state index contributed by atoms with van der Waals surface area (Å²) in [6, 6.07) is 5.41. The molecule has 160 valence electrons. The van der Waals surface area contributed by atoms with Gasteiger partial charge in [0.2, 0.25) is 0 Å². The van der Waals surface area contributed by atoms with Gasteiger partial charge in [0.25, 0.3) is 11.8 Å². The summed E-state index contributed by atoms with van der Waals surface area (Å²) in [5, 5.41) is 10.4. The number of fused-ring (bicyclic) bond motifs is 1. The number of H-pyrrole nitrogens is 1. The molecule has 0 fully saturated rings. The zero-order chi connectivity index (χ0) is 22.0. The van der Waals surface area contributed by atoms with Crippen LogP contribution >= 0.6 is 0 Å². The van der Waals surface area contributed by atoms with Gasteiger partial charge in [-0.2, -0.15) is 0 Å². The third-order valence-corrected chi connectivity index (χ3v) is 5.06. The molecule has 10 heteroatoms. The quantitative estimate of drug-likeness (QED) is 0.304. The zero-order valence-electron chi connectivity index (χ0n) is 17.4. The largest absolute Gasteiger partial charge is 0.497 e. The Morgan fingerprint density at radius 2 is 2.16 bits per heavy atom. The first kappa shape index (κ1) is 20.4. The molecule has 2 amide bonds. The third-order valence-electron chi connectivity index (χ3n) is 5.06. The van der Waals surface area contributed by atoms with Crippen LogP contribution in [0.15, 0.2) is 30.6 Å². The summed E-state index contributed by atoms with van der Waals surface area (Å²) in [6.45, 7) is 4.33. The molecule has 31 heavy (non-hydrogen) atoms. The number of carbonyl (C=O) groups is 2. The Morgan fingerprint density at radius 1 is 1.32 bits per heavy atom. The first-order valence-electron chi connectivity index (χ1n) is 9.64. The second-order valence-corrected chi connectivity index (χ2v) is 7.03. The van der Waals surface area contributed by atoms with Crippen molar-refractivity contribution in [2.45, 2.75) is 20.4 Å². The van der Waals surface area contributed by atoms with Crippen LogP contribution in [-0.4, -0.2) is 45.5 Å². The molecular formula is C21H22N6O4. The van der Waals surface area contributed by atoms with E-state index >= 15 is 0 Å². The number of aryl methyl sites for hydroxylation is 1. The number of hydroxylamine groups is 1. The molecular weight excluding hydrogens is 400 g/mol. The van der Waals surface area contributed by atoms with E-state index in [1.54, 1.807) is 49.3 Å². The van der Waals surface area contributed by atoms with E-state index in [9.17, 15) is 9.59 Å². The Morgan fingerprint density at radius 3 is 2.90 bits per heavy atom. The number of aromatic nitrogens is 4. The van der Waals surface area contributed by atoms with Gasteiger partial charge >= 0.3 is 0 Å². The minimum Gasteiger partial charge on any atom is -0.497 e. The number of nitrogens with one attached hydrogen (secondary N) is 3. The molecule has 3 N–H and O–H groups in total. The molecule has 0 unspecified atom stereocenters. The number of hydrogen-bond acceptors (Lipinski definition) is 6. The van der Waals surface area contributed by atoms with Gasteiger partial charge in [-0.1, -0.05) is 5.21 Å². The molecule has 1 aromatic carbocycles. The van der Waals surface area contributed by atoms with Crippen LogP contribution in [0.2, 0.25) is 0 Å². The lowest BCUT2D eigenvalue weighted by Gasteiger charge is -2.06. The number of aromatic amines is 1. The number of nitrogens with zero attached hydrogens (tertiary/aromatic N) is 3. The first-order valence-corrected chi connectivity index (χ1v) is 9.64. The predicted molar refractivity (Wildman–Crippen MR) is 113 cm³/mol. The van der Waals surface area contributed by atoms with Gasteiger partial charge in [-0.15, -0.1) is 5.10 Å². The van der Waals surface area contributed by atoms with Gasteiger partial charge in [0, 0.05) is 29.2 Å². The highest BCUT2D eigenvalue weighted by Gasteiger charge is 2.26. The van der Waals surface area contributed by atoms with Gasteiger partial charge in [-0.25, -0.2) is 5.48 Å². The number of hydrogen-bond donors (Lipinski definition) is 3. The van der Waals surface area contributed by atoms with Gasteiger partial charge in [0.15, 0.2) is 0 Å². The highest BCUT2D eigenvalue weighted by molar-refractivity contribution is 6.35. The molecule has 0 saturated carbocycles. The Hall–Kier alpha value is -3.92. The molecule has 1 aliphatic heterocycles. The predicted octanol–water partition coefficient (Wildman–Crippen LogP) is 2.09. The van der Waals surface area contributed by atoms with E-state index in [1.807, 2.05) is 13.0 Å². The molecule has 1 aliphatic rings. The van der Waals surface area contributed by atoms with E-state index < -0.39 is 0 Å². The summed E-state index contributed by atoms with van der Waals surface area (Å²) in [4.78, 5) is 33.6. The van der Waals surface area contributed by atoms with Crippen molar-refractivity contribution in [1.82, 2.24) is 25.5 Å². The van der Waals surface area contributed by atoms with Crippen molar-refractivity contribution in [3.05, 3.63) is 58.7 Å². The topological polar surface area (TPSA) is 123 Å². The lowest BCUT2D eigenvalue weighted by atomic mass is 10.0. The maximum atomic E-state index is 12.6. The molecule has 3 aromatic rings. The van der Waals surface area contributed by atoms with Crippen molar-refractivity contribution < 1.29 is 19.2 Å². The van der Waals surface area contributed by atoms with Crippen LogP contribution in [0.25, 0.3) is 11.6 Å². The third kappa shape index (κ3) is 4.05. The van der Waals surface area contributed by atoms with Crippen LogP contribution in [0.4, 0.5) is 5.69 Å². The van der Waals surface area contributed by atoms with E-state index in [0.717, 1.165) is 11.1 Å². The Balaban J connectivity index is 1.50. The SMILES string of the molecule is COc1ccc2c(c1)NC(=O)/C2=C\c1[nH]c(C)c(C(=O)NOCCn2ccnn2)c1C. The first-order chi connectivity index (χ1) is 15.0. The van der Waals surface area contributed by atoms with Crippen molar-refractivity contribution in [3.8, 4) is 5.75 Å². The number of carbonyl (C=O) groups excluding carboxylic acids is 2. The van der Waals surface area contributed by atoms with Crippen LogP contribution in [0.1, 0.15) is 32.9 Å². The van der Waals surface area contributed by atoms with Crippen LogP contribution in [0.3, 0.4) is 0 Å². The van der Waals surface area contributed by atoms with E-state index in [1.165, 1.54) is 0 Å². The summed E-state index contributed by atoms with van der Waals surface area (Å²) in [6.07, 6.45) is 5.03. The molecule has 0 radical (unpaired) electrons. The number of ether oxygens (including phenoxy) is 1.